The number of halogens is 1. The quantitative estimate of drug-likeness (QED) is 0.291. The first-order valence-electron chi connectivity index (χ1n) is 9.30. The number of amides is 1. The number of carbonyl (C=O) groups excluding carboxylic acids is 1. The highest BCUT2D eigenvalue weighted by Crippen LogP contribution is 2.25. The maximum absolute atomic E-state index is 12.2. The summed E-state index contributed by atoms with van der Waals surface area (Å²) in [6.45, 7) is 4.79. The van der Waals surface area contributed by atoms with Gasteiger partial charge in [-0.3, -0.25) is 4.79 Å². The fourth-order valence-electron chi connectivity index (χ4n) is 2.70. The van der Waals surface area contributed by atoms with Crippen LogP contribution in [-0.2, 0) is 11.3 Å². The minimum atomic E-state index is -0.216. The SMILES string of the molecule is CCn1c(SCC(=O)N/N=C\c2ccc(OC)c(Br)c2)nnc1-c1ccc(C)cc1. The number of thioether (sulfide) groups is 1. The molecule has 9 heteroatoms. The van der Waals surface area contributed by atoms with Crippen molar-refractivity contribution in [3.63, 3.8) is 0 Å². The van der Waals surface area contributed by atoms with Crippen molar-refractivity contribution >= 4 is 39.8 Å². The molecule has 0 aliphatic carbocycles. The molecule has 0 saturated heterocycles. The molecule has 0 atom stereocenters. The van der Waals surface area contributed by atoms with Gasteiger partial charge >= 0.3 is 0 Å². The molecule has 7 nitrogen and oxygen atoms in total. The molecule has 1 heterocycles. The van der Waals surface area contributed by atoms with Crippen molar-refractivity contribution in [1.29, 1.82) is 0 Å². The molecule has 1 aromatic heterocycles. The zero-order valence-corrected chi connectivity index (χ0v) is 19.3. The fourth-order valence-corrected chi connectivity index (χ4v) is 4.05. The van der Waals surface area contributed by atoms with Gasteiger partial charge in [-0.2, -0.15) is 5.10 Å². The molecule has 2 aromatic carbocycles. The summed E-state index contributed by atoms with van der Waals surface area (Å²) in [6.07, 6.45) is 1.58. The van der Waals surface area contributed by atoms with Crippen molar-refractivity contribution < 1.29 is 9.53 Å². The van der Waals surface area contributed by atoms with Gasteiger partial charge in [-0.1, -0.05) is 41.6 Å². The smallest absolute Gasteiger partial charge is 0.250 e. The van der Waals surface area contributed by atoms with Gasteiger partial charge in [0.15, 0.2) is 11.0 Å². The summed E-state index contributed by atoms with van der Waals surface area (Å²) in [5.74, 6) is 1.50. The molecule has 3 rings (SSSR count). The third-order valence-electron chi connectivity index (χ3n) is 4.25. The highest BCUT2D eigenvalue weighted by molar-refractivity contribution is 9.10. The van der Waals surface area contributed by atoms with E-state index in [-0.39, 0.29) is 11.7 Å². The number of rotatable bonds is 8. The van der Waals surface area contributed by atoms with Gasteiger partial charge in [0.1, 0.15) is 5.75 Å². The van der Waals surface area contributed by atoms with Crippen LogP contribution in [0.1, 0.15) is 18.1 Å². The highest BCUT2D eigenvalue weighted by atomic mass is 79.9. The van der Waals surface area contributed by atoms with Crippen LogP contribution in [0, 0.1) is 6.92 Å². The van der Waals surface area contributed by atoms with E-state index in [4.69, 9.17) is 4.74 Å². The Hall–Kier alpha value is -2.65. The van der Waals surface area contributed by atoms with Crippen LogP contribution in [-0.4, -0.2) is 39.7 Å². The van der Waals surface area contributed by atoms with Crippen molar-refractivity contribution in [2.45, 2.75) is 25.5 Å². The maximum atomic E-state index is 12.2. The van der Waals surface area contributed by atoms with E-state index in [1.807, 2.05) is 60.9 Å². The van der Waals surface area contributed by atoms with Crippen molar-refractivity contribution in [2.75, 3.05) is 12.9 Å². The number of nitrogens with one attached hydrogen (secondary N) is 1. The second-order valence-corrected chi connectivity index (χ2v) is 8.19. The topological polar surface area (TPSA) is 81.4 Å². The van der Waals surface area contributed by atoms with Gasteiger partial charge in [-0.25, -0.2) is 5.43 Å². The molecule has 156 valence electrons. The number of nitrogens with zero attached hydrogens (tertiary/aromatic N) is 4. The molecule has 3 aromatic rings. The molecule has 30 heavy (non-hydrogen) atoms. The summed E-state index contributed by atoms with van der Waals surface area (Å²) in [5, 5.41) is 13.3. The van der Waals surface area contributed by atoms with Gasteiger partial charge in [0.25, 0.3) is 5.91 Å². The van der Waals surface area contributed by atoms with Crippen LogP contribution in [0.25, 0.3) is 11.4 Å². The van der Waals surface area contributed by atoms with Crippen LogP contribution < -0.4 is 10.2 Å². The monoisotopic (exact) mass is 487 g/mol. The summed E-state index contributed by atoms with van der Waals surface area (Å²) >= 11 is 4.75. The average molecular weight is 488 g/mol. The van der Waals surface area contributed by atoms with Crippen molar-refractivity contribution in [2.24, 2.45) is 5.10 Å². The predicted octanol–water partition coefficient (Wildman–Crippen LogP) is 4.29. The summed E-state index contributed by atoms with van der Waals surface area (Å²) in [5.41, 5.74) is 5.57. The Balaban J connectivity index is 1.58. The molecular weight excluding hydrogens is 466 g/mol. The van der Waals surface area contributed by atoms with E-state index < -0.39 is 0 Å². The molecule has 0 bridgehead atoms. The maximum Gasteiger partial charge on any atom is 0.250 e. The largest absolute Gasteiger partial charge is 0.496 e. The number of aryl methyl sites for hydroxylation is 1. The lowest BCUT2D eigenvalue weighted by Gasteiger charge is -2.07. The Bertz CT molecular complexity index is 1050. The number of hydrazone groups is 1. The van der Waals surface area contributed by atoms with Crippen LogP contribution in [0.4, 0.5) is 0 Å². The van der Waals surface area contributed by atoms with Crippen LogP contribution in [0.2, 0.25) is 0 Å². The Morgan fingerprint density at radius 1 is 1.27 bits per heavy atom. The van der Waals surface area contributed by atoms with Crippen molar-refractivity contribution in [1.82, 2.24) is 20.2 Å². The Kier molecular flexibility index (Phi) is 7.64. The Morgan fingerprint density at radius 3 is 2.70 bits per heavy atom. The van der Waals surface area contributed by atoms with E-state index in [0.717, 1.165) is 27.2 Å². The van der Waals surface area contributed by atoms with E-state index in [2.05, 4.69) is 36.7 Å². The first-order valence-corrected chi connectivity index (χ1v) is 11.1. The summed E-state index contributed by atoms with van der Waals surface area (Å²) in [7, 11) is 1.61. The molecule has 0 radical (unpaired) electrons. The normalized spacial score (nSPS) is 11.1. The van der Waals surface area contributed by atoms with Gasteiger partial charge in [0.2, 0.25) is 0 Å². The van der Waals surface area contributed by atoms with Gasteiger partial charge in [-0.15, -0.1) is 10.2 Å². The van der Waals surface area contributed by atoms with Crippen LogP contribution in [0.3, 0.4) is 0 Å². The second-order valence-electron chi connectivity index (χ2n) is 6.39. The van der Waals surface area contributed by atoms with E-state index in [9.17, 15) is 4.79 Å². The van der Waals surface area contributed by atoms with Gasteiger partial charge in [0.05, 0.1) is 23.5 Å². The molecular formula is C21H22BrN5O2S. The minimum Gasteiger partial charge on any atom is -0.496 e. The van der Waals surface area contributed by atoms with E-state index in [1.165, 1.54) is 17.3 Å². The zero-order valence-electron chi connectivity index (χ0n) is 16.9. The zero-order chi connectivity index (χ0) is 21.5. The van der Waals surface area contributed by atoms with Crippen molar-refractivity contribution in [3.8, 4) is 17.1 Å². The van der Waals surface area contributed by atoms with Crippen LogP contribution in [0.15, 0.2) is 57.2 Å². The summed E-state index contributed by atoms with van der Waals surface area (Å²) in [6, 6.07) is 13.7. The minimum absolute atomic E-state index is 0.190. The van der Waals surface area contributed by atoms with Crippen LogP contribution in [0.5, 0.6) is 5.75 Å². The fraction of sp³-hybridized carbons (Fsp3) is 0.238. The third-order valence-corrected chi connectivity index (χ3v) is 5.84. The molecule has 1 N–H and O–H groups in total. The van der Waals surface area contributed by atoms with Crippen molar-refractivity contribution in [3.05, 3.63) is 58.1 Å². The number of carbonyl (C=O) groups is 1. The highest BCUT2D eigenvalue weighted by Gasteiger charge is 2.14. The molecule has 0 saturated carbocycles. The second kappa shape index (κ2) is 10.4. The van der Waals surface area contributed by atoms with Gasteiger partial charge in [0, 0.05) is 12.1 Å². The third kappa shape index (κ3) is 5.48. The van der Waals surface area contributed by atoms with Gasteiger partial charge in [-0.05, 0) is 53.5 Å². The van der Waals surface area contributed by atoms with Gasteiger partial charge < -0.3 is 9.30 Å². The van der Waals surface area contributed by atoms with E-state index in [0.29, 0.717) is 11.7 Å². The Morgan fingerprint density at radius 2 is 2.03 bits per heavy atom. The number of hydrogen-bond acceptors (Lipinski definition) is 6. The van der Waals surface area contributed by atoms with Crippen LogP contribution >= 0.6 is 27.7 Å². The number of hydrogen-bond donors (Lipinski definition) is 1. The lowest BCUT2D eigenvalue weighted by atomic mass is 10.1. The van der Waals surface area contributed by atoms with E-state index in [1.54, 1.807) is 13.3 Å². The standard InChI is InChI=1S/C21H22BrN5O2S/c1-4-27-20(16-8-5-14(2)6-9-16)25-26-21(27)30-13-19(28)24-23-12-15-7-10-18(29-3)17(22)11-15/h5-12H,4,13H2,1-3H3,(H,24,28)/b23-12-. The molecule has 0 unspecified atom stereocenters. The molecule has 0 aliphatic heterocycles. The predicted molar refractivity (Wildman–Crippen MR) is 123 cm³/mol. The molecule has 0 aliphatic rings. The first-order chi connectivity index (χ1) is 14.5. The Labute approximate surface area is 188 Å². The lowest BCUT2D eigenvalue weighted by Crippen LogP contribution is -2.20. The van der Waals surface area contributed by atoms with E-state index >= 15 is 0 Å². The lowest BCUT2D eigenvalue weighted by molar-refractivity contribution is -0.118. The summed E-state index contributed by atoms with van der Waals surface area (Å²) < 4.78 is 8.01. The molecule has 0 fully saturated rings. The number of benzene rings is 2. The average Bonchev–Trinajstić information content (AvgIpc) is 3.16. The summed E-state index contributed by atoms with van der Waals surface area (Å²) in [4.78, 5) is 12.2. The molecule has 1 amide bonds. The number of methoxy groups -OCH3 is 1. The first kappa shape index (κ1) is 22.0. The molecule has 0 spiro atoms. The number of aromatic nitrogens is 3. The number of ether oxygens (including phenoxy) is 1.